The third kappa shape index (κ3) is 3.74. The molecule has 0 atom stereocenters. The third-order valence-electron chi connectivity index (χ3n) is 4.29. The summed E-state index contributed by atoms with van der Waals surface area (Å²) in [6, 6.07) is 9.37. The highest BCUT2D eigenvalue weighted by molar-refractivity contribution is 5.28. The molecule has 1 aliphatic heterocycles. The number of aromatic hydroxyl groups is 1. The molecule has 3 rings (SSSR count). The normalized spacial score (nSPS) is 15.0. The summed E-state index contributed by atoms with van der Waals surface area (Å²) in [6.07, 6.45) is 3.96. The van der Waals surface area contributed by atoms with Crippen molar-refractivity contribution in [2.75, 3.05) is 20.2 Å². The van der Waals surface area contributed by atoms with Crippen LogP contribution in [-0.4, -0.2) is 34.8 Å². The Morgan fingerprint density at radius 2 is 1.83 bits per heavy atom. The molecule has 0 aliphatic carbocycles. The first-order chi connectivity index (χ1) is 11.2. The topological polar surface area (TPSA) is 54.7 Å². The van der Waals surface area contributed by atoms with Gasteiger partial charge in [-0.1, -0.05) is 12.1 Å². The maximum atomic E-state index is 11.8. The fourth-order valence-electron chi connectivity index (χ4n) is 2.98. The Morgan fingerprint density at radius 3 is 2.48 bits per heavy atom. The van der Waals surface area contributed by atoms with E-state index >= 15 is 0 Å². The Hall–Kier alpha value is -2.27. The largest absolute Gasteiger partial charge is 0.503 e. The minimum Gasteiger partial charge on any atom is -0.503 e. The van der Waals surface area contributed by atoms with Gasteiger partial charge in [0.15, 0.2) is 5.75 Å². The number of rotatable bonds is 5. The van der Waals surface area contributed by atoms with E-state index in [0.29, 0.717) is 6.54 Å². The summed E-state index contributed by atoms with van der Waals surface area (Å²) >= 11 is 0. The summed E-state index contributed by atoms with van der Waals surface area (Å²) < 4.78 is 7.13. The number of methoxy groups -OCH3 is 1. The molecule has 1 saturated heterocycles. The number of pyridine rings is 1. The standard InChI is InChI=1S/C18H22N2O3/c1-23-16-6-4-14(5-7-16)11-20-13-18(22)17(21)10-15(20)12-19-8-2-3-9-19/h4-7,10,13,22H,2-3,8-9,11-12H2,1H3. The first-order valence-corrected chi connectivity index (χ1v) is 7.93. The lowest BCUT2D eigenvalue weighted by molar-refractivity contribution is 0.320. The maximum absolute atomic E-state index is 11.8. The molecule has 0 spiro atoms. The van der Waals surface area contributed by atoms with Gasteiger partial charge in [-0.3, -0.25) is 9.69 Å². The van der Waals surface area contributed by atoms with Gasteiger partial charge in [0.1, 0.15) is 5.75 Å². The molecule has 1 aromatic carbocycles. The van der Waals surface area contributed by atoms with E-state index in [0.717, 1.165) is 36.6 Å². The number of likely N-dealkylation sites (tertiary alicyclic amines) is 1. The minimum absolute atomic E-state index is 0.205. The highest BCUT2D eigenvalue weighted by Gasteiger charge is 2.15. The van der Waals surface area contributed by atoms with Crippen LogP contribution in [0.15, 0.2) is 41.3 Å². The Balaban J connectivity index is 1.86. The average Bonchev–Trinajstić information content (AvgIpc) is 3.06. The number of benzene rings is 1. The molecule has 122 valence electrons. The van der Waals surface area contributed by atoms with Crippen molar-refractivity contribution in [3.63, 3.8) is 0 Å². The van der Waals surface area contributed by atoms with Crippen LogP contribution in [0, 0.1) is 0 Å². The zero-order valence-electron chi connectivity index (χ0n) is 13.4. The van der Waals surface area contributed by atoms with Crippen molar-refractivity contribution in [2.24, 2.45) is 0 Å². The van der Waals surface area contributed by atoms with Crippen molar-refractivity contribution >= 4 is 0 Å². The Morgan fingerprint density at radius 1 is 1.13 bits per heavy atom. The number of nitrogens with zero attached hydrogens (tertiary/aromatic N) is 2. The molecule has 2 heterocycles. The van der Waals surface area contributed by atoms with Gasteiger partial charge in [0.2, 0.25) is 5.43 Å². The number of aromatic nitrogens is 1. The van der Waals surface area contributed by atoms with Gasteiger partial charge >= 0.3 is 0 Å². The highest BCUT2D eigenvalue weighted by Crippen LogP contribution is 2.17. The Bertz CT molecular complexity index is 716. The summed E-state index contributed by atoms with van der Waals surface area (Å²) in [7, 11) is 1.64. The number of ether oxygens (including phenoxy) is 1. The predicted molar refractivity (Wildman–Crippen MR) is 89.0 cm³/mol. The second-order valence-electron chi connectivity index (χ2n) is 5.97. The van der Waals surface area contributed by atoms with E-state index in [9.17, 15) is 9.90 Å². The van der Waals surface area contributed by atoms with Crippen molar-refractivity contribution in [1.82, 2.24) is 9.47 Å². The lowest BCUT2D eigenvalue weighted by Crippen LogP contribution is -2.23. The van der Waals surface area contributed by atoms with Gasteiger partial charge in [0, 0.05) is 24.8 Å². The predicted octanol–water partition coefficient (Wildman–Crippen LogP) is 2.21. The van der Waals surface area contributed by atoms with Gasteiger partial charge in [-0.2, -0.15) is 0 Å². The third-order valence-corrected chi connectivity index (χ3v) is 4.29. The van der Waals surface area contributed by atoms with E-state index in [1.165, 1.54) is 19.0 Å². The van der Waals surface area contributed by atoms with Crippen LogP contribution >= 0.6 is 0 Å². The summed E-state index contributed by atoms with van der Waals surface area (Å²) in [4.78, 5) is 14.1. The van der Waals surface area contributed by atoms with Gasteiger partial charge < -0.3 is 14.4 Å². The second kappa shape index (κ2) is 6.87. The van der Waals surface area contributed by atoms with Crippen LogP contribution in [0.1, 0.15) is 24.1 Å². The van der Waals surface area contributed by atoms with Crippen LogP contribution < -0.4 is 10.2 Å². The highest BCUT2D eigenvalue weighted by atomic mass is 16.5. The van der Waals surface area contributed by atoms with Gasteiger partial charge in [0.05, 0.1) is 13.3 Å². The van der Waals surface area contributed by atoms with Gasteiger partial charge in [-0.15, -0.1) is 0 Å². The van der Waals surface area contributed by atoms with E-state index in [2.05, 4.69) is 4.90 Å². The molecule has 1 aliphatic rings. The lowest BCUT2D eigenvalue weighted by Gasteiger charge is -2.19. The molecule has 1 fully saturated rings. The SMILES string of the molecule is COc1ccc(Cn2cc(O)c(=O)cc2CN2CCCC2)cc1. The van der Waals surface area contributed by atoms with Gasteiger partial charge in [-0.05, 0) is 43.6 Å². The average molecular weight is 314 g/mol. The Labute approximate surface area is 135 Å². The zero-order chi connectivity index (χ0) is 16.2. The maximum Gasteiger partial charge on any atom is 0.223 e. The summed E-state index contributed by atoms with van der Waals surface area (Å²) in [6.45, 7) is 3.49. The monoisotopic (exact) mass is 314 g/mol. The molecule has 1 aromatic heterocycles. The van der Waals surface area contributed by atoms with E-state index in [-0.39, 0.29) is 11.2 Å². The van der Waals surface area contributed by atoms with Gasteiger partial charge in [0.25, 0.3) is 0 Å². The van der Waals surface area contributed by atoms with E-state index in [1.807, 2.05) is 28.8 Å². The molecule has 23 heavy (non-hydrogen) atoms. The minimum atomic E-state index is -0.315. The molecule has 1 N–H and O–H groups in total. The number of hydrogen-bond donors (Lipinski definition) is 1. The van der Waals surface area contributed by atoms with Crippen molar-refractivity contribution in [3.8, 4) is 11.5 Å². The second-order valence-corrected chi connectivity index (χ2v) is 5.97. The van der Waals surface area contributed by atoms with Crippen LogP contribution in [0.2, 0.25) is 0 Å². The fourth-order valence-corrected chi connectivity index (χ4v) is 2.98. The van der Waals surface area contributed by atoms with Crippen LogP contribution in [0.25, 0.3) is 0 Å². The summed E-state index contributed by atoms with van der Waals surface area (Å²) in [5, 5.41) is 9.78. The number of hydrogen-bond acceptors (Lipinski definition) is 4. The molecule has 2 aromatic rings. The van der Waals surface area contributed by atoms with Gasteiger partial charge in [-0.25, -0.2) is 0 Å². The first-order valence-electron chi connectivity index (χ1n) is 7.93. The van der Waals surface area contributed by atoms with Crippen molar-refractivity contribution in [2.45, 2.75) is 25.9 Å². The molecule has 0 amide bonds. The van der Waals surface area contributed by atoms with Crippen LogP contribution in [0.5, 0.6) is 11.5 Å². The fraction of sp³-hybridized carbons (Fsp3) is 0.389. The smallest absolute Gasteiger partial charge is 0.223 e. The quantitative estimate of drug-likeness (QED) is 0.919. The molecule has 5 heteroatoms. The molecular formula is C18H22N2O3. The van der Waals surface area contributed by atoms with Crippen LogP contribution in [0.3, 0.4) is 0 Å². The van der Waals surface area contributed by atoms with E-state index < -0.39 is 0 Å². The van der Waals surface area contributed by atoms with E-state index in [4.69, 9.17) is 4.74 Å². The van der Waals surface area contributed by atoms with Crippen molar-refractivity contribution < 1.29 is 9.84 Å². The molecule has 0 saturated carbocycles. The molecule has 5 nitrogen and oxygen atoms in total. The van der Waals surface area contributed by atoms with Crippen LogP contribution in [-0.2, 0) is 13.1 Å². The molecule has 0 bridgehead atoms. The first kappa shape index (κ1) is 15.6. The lowest BCUT2D eigenvalue weighted by atomic mass is 10.2. The van der Waals surface area contributed by atoms with E-state index in [1.54, 1.807) is 13.2 Å². The molecular weight excluding hydrogens is 292 g/mol. The Kier molecular flexibility index (Phi) is 4.67. The zero-order valence-corrected chi connectivity index (χ0v) is 13.4. The van der Waals surface area contributed by atoms with Crippen molar-refractivity contribution in [1.29, 1.82) is 0 Å². The summed E-state index contributed by atoms with van der Waals surface area (Å²) in [5.74, 6) is 0.609. The van der Waals surface area contributed by atoms with Crippen molar-refractivity contribution in [3.05, 3.63) is 58.0 Å². The molecule has 0 unspecified atom stereocenters. The summed E-state index contributed by atoms with van der Waals surface area (Å²) in [5.41, 5.74) is 1.72. The van der Waals surface area contributed by atoms with Crippen LogP contribution in [0.4, 0.5) is 0 Å². The molecule has 0 radical (unpaired) electrons.